The molecule has 546 valence electrons. The van der Waals surface area contributed by atoms with Gasteiger partial charge in [-0.05, 0) is 385 Å². The fraction of sp³-hybridized carbons (Fsp3) is 0.353. The fourth-order valence-electron chi connectivity index (χ4n) is 13.8. The highest BCUT2D eigenvalue weighted by atomic mass is 15.2. The molecular weight excluding hydrogens is 1310 g/mol. The van der Waals surface area contributed by atoms with Crippen LogP contribution in [0.25, 0.3) is 0 Å². The Morgan fingerprint density at radius 2 is 0.259 bits per heavy atom. The summed E-state index contributed by atoms with van der Waals surface area (Å²) in [5.74, 6) is 41.1. The van der Waals surface area contributed by atoms with Gasteiger partial charge in [0, 0.05) is 140 Å². The van der Waals surface area contributed by atoms with Gasteiger partial charge in [0.1, 0.15) is 0 Å². The monoisotopic (exact) mass is 1420 g/mol. The summed E-state index contributed by atoms with van der Waals surface area (Å²) < 4.78 is 0. The highest BCUT2D eigenvalue weighted by Crippen LogP contribution is 2.27. The van der Waals surface area contributed by atoms with E-state index in [-0.39, 0.29) is 0 Å². The van der Waals surface area contributed by atoms with Crippen LogP contribution in [0.1, 0.15) is 233 Å². The van der Waals surface area contributed by atoms with Crippen molar-refractivity contribution in [1.82, 2.24) is 0 Å². The van der Waals surface area contributed by atoms with Crippen LogP contribution in [0, 0.1) is 144 Å². The summed E-state index contributed by atoms with van der Waals surface area (Å²) in [4.78, 5) is 14.3. The lowest BCUT2D eigenvalue weighted by Crippen LogP contribution is -2.36. The smallest absolute Gasteiger partial charge is 0.0999 e. The predicted molar refractivity (Wildman–Crippen MR) is 456 cm³/mol. The second kappa shape index (κ2) is 40.5. The number of nitrogens with zero attached hydrogens (tertiary/aromatic N) is 6. The van der Waals surface area contributed by atoms with Crippen molar-refractivity contribution in [3.05, 3.63) is 285 Å². The maximum absolute atomic E-state index is 3.43. The first-order valence-electron chi connectivity index (χ1n) is 38.2. The lowest BCUT2D eigenvalue weighted by atomic mass is 10.1. The molecule has 0 atom stereocenters. The molecule has 0 radical (unpaired) electrons. The zero-order valence-corrected chi connectivity index (χ0v) is 68.5. The molecule has 0 bridgehead atoms. The average Bonchev–Trinajstić information content (AvgIpc) is 0.871. The van der Waals surface area contributed by atoms with Gasteiger partial charge in [-0.3, -0.25) is 0 Å². The maximum Gasteiger partial charge on any atom is 0.0999 e. The van der Waals surface area contributed by atoms with E-state index in [4.69, 9.17) is 0 Å². The van der Waals surface area contributed by atoms with Gasteiger partial charge in [-0.25, -0.2) is 0 Å². The number of benzene rings is 6. The molecule has 7 rings (SSSR count). The topological polar surface area (TPSA) is 19.4 Å². The molecular formula is C102H108N6. The van der Waals surface area contributed by atoms with Crippen LogP contribution >= 0.6 is 0 Å². The van der Waals surface area contributed by atoms with Crippen molar-refractivity contribution in [2.24, 2.45) is 0 Å². The van der Waals surface area contributed by atoms with Crippen LogP contribution in [0.5, 0.6) is 0 Å². The molecule has 7 aromatic carbocycles. The Labute approximate surface area is 654 Å². The molecule has 108 heavy (non-hydrogen) atoms. The molecule has 0 amide bonds. The van der Waals surface area contributed by atoms with Crippen molar-refractivity contribution in [3.63, 3.8) is 0 Å². The minimum absolute atomic E-state index is 0.291. The summed E-state index contributed by atoms with van der Waals surface area (Å²) in [5.41, 5.74) is 13.4. The number of rotatable bonds is 18. The molecule has 0 aromatic heterocycles. The standard InChI is InChI=1S/C102H108N6/c1-73(2)103(74(3)4)97-61-43-85(44-62-97)37-55-91-31-25-26-33-93(57-39-87-47-65-99(66-48-87)105(77(9)10)78(11)12)95(59-41-89-51-69-101(70-52-89)107(81(17)18)82(19)20)35-29-30-36-96(60-42-90-53-71-102(72-54-90)108(83(21)22)84(23)24)94(58-40-88-49-67-100(68-50-88)106(79(13)14)80(15)16)34-28-27-32-92(91)56-38-86-45-63-98(64-46-86)104(75(5)6)76(7)8/h43-54,61-84H,1-24H3. The SMILES string of the molecule is CC(C)N(c1ccc(C#Cc2c#cc#cc(C#Cc3ccc(N(C(C)C)C(C)C)cc3)c(C#Cc3ccc(N(C(C)C)C(C)C)cc3)c#cc#cc(C#Cc3ccc(N(C(C)C)C(C)C)cc3)c(C#Cc3ccc(N(C(C)C)C(C)C)cc3)c#cc#cc2C#Cc2ccc(N(C(C)C)C(C)C)cc2)cc1)C(C)C. The van der Waals surface area contributed by atoms with E-state index in [9.17, 15) is 0 Å². The van der Waals surface area contributed by atoms with Crippen LogP contribution in [0.15, 0.2) is 146 Å². The van der Waals surface area contributed by atoms with Gasteiger partial charge < -0.3 is 29.4 Å². The minimum Gasteiger partial charge on any atom is -0.367 e. The van der Waals surface area contributed by atoms with Crippen molar-refractivity contribution in [2.45, 2.75) is 239 Å². The molecule has 0 aliphatic carbocycles. The van der Waals surface area contributed by atoms with Gasteiger partial charge in [0.2, 0.25) is 0 Å². The predicted octanol–water partition coefficient (Wildman–Crippen LogP) is 20.8. The summed E-state index contributed by atoms with van der Waals surface area (Å²) in [7, 11) is 0. The van der Waals surface area contributed by atoms with E-state index in [1.54, 1.807) is 0 Å². The molecule has 0 saturated carbocycles. The minimum atomic E-state index is 0.291. The number of hydrogen-bond acceptors (Lipinski definition) is 6. The van der Waals surface area contributed by atoms with Crippen LogP contribution in [0.4, 0.5) is 34.1 Å². The Morgan fingerprint density at radius 1 is 0.157 bits per heavy atom. The van der Waals surface area contributed by atoms with Gasteiger partial charge in [-0.15, -0.1) is 0 Å². The van der Waals surface area contributed by atoms with Crippen molar-refractivity contribution >= 4 is 34.1 Å². The zero-order valence-electron chi connectivity index (χ0n) is 68.5. The van der Waals surface area contributed by atoms with Crippen LogP contribution in [0.2, 0.25) is 0 Å². The second-order valence-electron chi connectivity index (χ2n) is 30.1. The fourth-order valence-corrected chi connectivity index (χ4v) is 13.8. The van der Waals surface area contributed by atoms with E-state index in [1.807, 2.05) is 72.8 Å². The van der Waals surface area contributed by atoms with Gasteiger partial charge in [-0.1, -0.05) is 71.0 Å². The normalized spacial score (nSPS) is 10.3. The van der Waals surface area contributed by atoms with Crippen molar-refractivity contribution in [2.75, 3.05) is 29.4 Å². The molecule has 6 nitrogen and oxygen atoms in total. The Kier molecular flexibility index (Phi) is 31.3. The lowest BCUT2D eigenvalue weighted by molar-refractivity contribution is 0.608. The van der Waals surface area contributed by atoms with Crippen LogP contribution < -0.4 is 29.4 Å². The Morgan fingerprint density at radius 3 is 0.352 bits per heavy atom. The van der Waals surface area contributed by atoms with Gasteiger partial charge in [0.25, 0.3) is 0 Å². The lowest BCUT2D eigenvalue weighted by Gasteiger charge is -2.33. The highest BCUT2D eigenvalue weighted by molar-refractivity contribution is 5.61. The summed E-state index contributed by atoms with van der Waals surface area (Å²) in [6.45, 7) is 52.9. The highest BCUT2D eigenvalue weighted by Gasteiger charge is 2.19. The van der Waals surface area contributed by atoms with Crippen LogP contribution in [-0.2, 0) is 0 Å². The second-order valence-corrected chi connectivity index (χ2v) is 30.1. The first kappa shape index (κ1) is 83.3. The van der Waals surface area contributed by atoms with E-state index in [2.05, 4.69) is 412 Å². The first-order valence-corrected chi connectivity index (χ1v) is 38.2. The molecule has 0 unspecified atom stereocenters. The average molecular weight is 1420 g/mol. The molecule has 0 heterocycles. The number of anilines is 6. The zero-order chi connectivity index (χ0) is 78.7. The Balaban J connectivity index is 1.65. The van der Waals surface area contributed by atoms with E-state index >= 15 is 0 Å². The maximum atomic E-state index is 3.43. The molecule has 0 saturated heterocycles. The molecule has 0 fully saturated rings. The molecule has 0 aliphatic heterocycles. The van der Waals surface area contributed by atoms with E-state index < -0.39 is 0 Å². The summed E-state index contributed by atoms with van der Waals surface area (Å²) in [5, 5.41) is 0. The van der Waals surface area contributed by atoms with Crippen molar-refractivity contribution < 1.29 is 0 Å². The first-order chi connectivity index (χ1) is 51.5. The summed E-state index contributed by atoms with van der Waals surface area (Å²) >= 11 is 0. The van der Waals surface area contributed by atoms with Crippen LogP contribution in [0.3, 0.4) is 0 Å². The van der Waals surface area contributed by atoms with E-state index in [1.165, 1.54) is 0 Å². The van der Waals surface area contributed by atoms with Crippen LogP contribution in [-0.4, -0.2) is 72.5 Å². The van der Waals surface area contributed by atoms with Gasteiger partial charge in [-0.2, -0.15) is 0 Å². The number of hydrogen-bond donors (Lipinski definition) is 0. The van der Waals surface area contributed by atoms with Gasteiger partial charge in [0.15, 0.2) is 0 Å². The molecule has 0 spiro atoms. The third kappa shape index (κ3) is 24.3. The Hall–Kier alpha value is -11.9. The quantitative estimate of drug-likeness (QED) is 0.0792. The van der Waals surface area contributed by atoms with Gasteiger partial charge in [0.05, 0.1) is 33.4 Å². The third-order valence-corrected chi connectivity index (χ3v) is 17.7. The molecule has 7 aromatic rings. The molecule has 0 aliphatic rings. The largest absolute Gasteiger partial charge is 0.367 e. The van der Waals surface area contributed by atoms with Crippen molar-refractivity contribution in [1.29, 1.82) is 0 Å². The summed E-state index contributed by atoms with van der Waals surface area (Å²) in [6.07, 6.45) is 0. The third-order valence-electron chi connectivity index (χ3n) is 17.7. The van der Waals surface area contributed by atoms with Crippen molar-refractivity contribution in [3.8, 4) is 71.0 Å². The Bertz CT molecular complexity index is 3850. The molecule has 6 heteroatoms. The molecule has 0 N–H and O–H groups in total. The van der Waals surface area contributed by atoms with Gasteiger partial charge >= 0.3 is 0 Å². The van der Waals surface area contributed by atoms with E-state index in [0.717, 1.165) is 67.5 Å². The van der Waals surface area contributed by atoms with E-state index in [0.29, 0.717) is 106 Å². The summed E-state index contributed by atoms with van der Waals surface area (Å²) in [6, 6.07) is 92.3.